The van der Waals surface area contributed by atoms with Gasteiger partial charge in [-0.25, -0.2) is 4.79 Å². The van der Waals surface area contributed by atoms with Crippen molar-refractivity contribution < 1.29 is 32.7 Å². The van der Waals surface area contributed by atoms with Gasteiger partial charge in [0.2, 0.25) is 11.8 Å². The molecule has 13 heteroatoms. The number of nitrogens with zero attached hydrogens (tertiary/aromatic N) is 1. The number of hydrogen-bond acceptors (Lipinski definition) is 7. The van der Waals surface area contributed by atoms with Crippen LogP contribution in [0, 0.1) is 6.92 Å². The van der Waals surface area contributed by atoms with Crippen molar-refractivity contribution in [3.63, 3.8) is 0 Å². The monoisotopic (exact) mass is 539 g/mol. The summed E-state index contributed by atoms with van der Waals surface area (Å²) in [6, 6.07) is 7.40. The molecule has 5 rings (SSSR count). The van der Waals surface area contributed by atoms with Crippen LogP contribution >= 0.6 is 0 Å². The number of nitrogens with one attached hydrogen (secondary N) is 4. The minimum absolute atomic E-state index is 0.0131. The zero-order valence-corrected chi connectivity index (χ0v) is 21.2. The van der Waals surface area contributed by atoms with Crippen LogP contribution in [0.25, 0.3) is 0 Å². The molecular weight excluding hydrogens is 514 g/mol. The fourth-order valence-electron chi connectivity index (χ4n) is 4.44. The van der Waals surface area contributed by atoms with Crippen LogP contribution in [0.5, 0.6) is 0 Å². The van der Waals surface area contributed by atoms with Crippen molar-refractivity contribution >= 4 is 45.7 Å². The second-order valence-electron chi connectivity index (χ2n) is 9.51. The number of imide groups is 2. The van der Waals surface area contributed by atoms with Crippen LogP contribution in [0.2, 0.25) is 0 Å². The SMILES string of the molecule is Cc1ccc(NC(=O)NCc2ccc3c(c2)C(=O)N(C2CCC(=O)NC2=O)C3=O)cc1[S+](=O)([O-])NC1CC1. The van der Waals surface area contributed by atoms with Crippen LogP contribution in [0.15, 0.2) is 41.3 Å². The third-order valence-corrected chi connectivity index (χ3v) is 8.25. The molecule has 0 spiro atoms. The highest BCUT2D eigenvalue weighted by Gasteiger charge is 2.44. The number of sulfonamides is 1. The molecule has 2 aromatic carbocycles. The molecule has 1 saturated carbocycles. The Morgan fingerprint density at radius 2 is 1.79 bits per heavy atom. The summed E-state index contributed by atoms with van der Waals surface area (Å²) in [6.07, 6.45) is 1.69. The van der Waals surface area contributed by atoms with Gasteiger partial charge in [0.05, 0.1) is 17.2 Å². The predicted molar refractivity (Wildman–Crippen MR) is 133 cm³/mol. The van der Waals surface area contributed by atoms with Crippen molar-refractivity contribution in [1.82, 2.24) is 20.3 Å². The number of anilines is 1. The number of rotatable bonds is 7. The molecule has 0 bridgehead atoms. The molecule has 2 aliphatic heterocycles. The number of amides is 6. The minimum atomic E-state index is -3.70. The topological polar surface area (TPSA) is 177 Å². The summed E-state index contributed by atoms with van der Waals surface area (Å²) in [4.78, 5) is 62.9. The van der Waals surface area contributed by atoms with Crippen molar-refractivity contribution in [3.05, 3.63) is 58.7 Å². The largest absolute Gasteiger partial charge is 0.593 e. The first kappa shape index (κ1) is 25.7. The summed E-state index contributed by atoms with van der Waals surface area (Å²) >= 11 is 0. The van der Waals surface area contributed by atoms with Gasteiger partial charge in [0.15, 0.2) is 15.3 Å². The summed E-state index contributed by atoms with van der Waals surface area (Å²) in [5.74, 6) is -2.39. The molecule has 2 aromatic rings. The highest BCUT2D eigenvalue weighted by atomic mass is 32.3. The molecule has 1 aliphatic carbocycles. The van der Waals surface area contributed by atoms with Gasteiger partial charge < -0.3 is 15.2 Å². The third-order valence-electron chi connectivity index (χ3n) is 6.59. The highest BCUT2D eigenvalue weighted by molar-refractivity contribution is 7.95. The van der Waals surface area contributed by atoms with Gasteiger partial charge in [0.1, 0.15) is 6.04 Å². The summed E-state index contributed by atoms with van der Waals surface area (Å²) in [5, 5.41) is 7.39. The maximum Gasteiger partial charge on any atom is 0.319 e. The number of urea groups is 1. The van der Waals surface area contributed by atoms with Crippen LogP contribution in [-0.4, -0.2) is 51.2 Å². The number of benzene rings is 2. The zero-order chi connectivity index (χ0) is 27.2. The summed E-state index contributed by atoms with van der Waals surface area (Å²) in [7, 11) is -3.70. The third kappa shape index (κ3) is 5.08. The molecule has 4 N–H and O–H groups in total. The molecule has 2 fully saturated rings. The van der Waals surface area contributed by atoms with E-state index >= 15 is 0 Å². The molecule has 38 heavy (non-hydrogen) atoms. The summed E-state index contributed by atoms with van der Waals surface area (Å²) in [5.41, 5.74) is 1.62. The zero-order valence-electron chi connectivity index (χ0n) is 20.4. The number of fused-ring (bicyclic) bond motifs is 1. The maximum atomic E-state index is 13.0. The van der Waals surface area contributed by atoms with E-state index in [2.05, 4.69) is 20.7 Å². The van der Waals surface area contributed by atoms with Gasteiger partial charge in [-0.15, -0.1) is 4.72 Å². The lowest BCUT2D eigenvalue weighted by atomic mass is 10.0. The van der Waals surface area contributed by atoms with Crippen molar-refractivity contribution in [3.8, 4) is 0 Å². The number of hydrogen-bond donors (Lipinski definition) is 4. The Morgan fingerprint density at radius 3 is 2.50 bits per heavy atom. The van der Waals surface area contributed by atoms with Crippen LogP contribution < -0.4 is 20.7 Å². The average molecular weight is 540 g/mol. The van der Waals surface area contributed by atoms with Crippen LogP contribution in [0.1, 0.15) is 57.5 Å². The lowest BCUT2D eigenvalue weighted by molar-refractivity contribution is -0.136. The van der Waals surface area contributed by atoms with Gasteiger partial charge in [-0.2, -0.15) is 0 Å². The molecule has 3 aliphatic rings. The Hall–Kier alpha value is -3.94. The van der Waals surface area contributed by atoms with Crippen molar-refractivity contribution in [1.29, 1.82) is 0 Å². The number of piperidine rings is 1. The molecule has 0 aromatic heterocycles. The van der Waals surface area contributed by atoms with E-state index in [1.54, 1.807) is 25.1 Å². The summed E-state index contributed by atoms with van der Waals surface area (Å²) < 4.78 is 27.9. The second-order valence-corrected chi connectivity index (χ2v) is 11.2. The molecule has 1 saturated heterocycles. The van der Waals surface area contributed by atoms with Gasteiger partial charge >= 0.3 is 6.03 Å². The number of aryl methyl sites for hydroxylation is 1. The highest BCUT2D eigenvalue weighted by Crippen LogP contribution is 2.29. The number of carbonyl (C=O) groups excluding carboxylic acids is 5. The van der Waals surface area contributed by atoms with E-state index in [-0.39, 0.29) is 41.5 Å². The quantitative estimate of drug-likeness (QED) is 0.303. The Morgan fingerprint density at radius 1 is 1.05 bits per heavy atom. The van der Waals surface area contributed by atoms with Gasteiger partial charge in [-0.05, 0) is 49.9 Å². The average Bonchev–Trinajstić information content (AvgIpc) is 3.64. The summed E-state index contributed by atoms with van der Waals surface area (Å²) in [6.45, 7) is 1.69. The Labute approximate surface area is 218 Å². The van der Waals surface area contributed by atoms with E-state index in [0.717, 1.165) is 17.7 Å². The van der Waals surface area contributed by atoms with Gasteiger partial charge in [0, 0.05) is 30.3 Å². The van der Waals surface area contributed by atoms with Crippen LogP contribution in [-0.2, 0) is 30.7 Å². The molecular formula is C25H25N5O7S. The minimum Gasteiger partial charge on any atom is -0.593 e. The second kappa shape index (κ2) is 9.74. The first-order valence-corrected chi connectivity index (χ1v) is 13.5. The maximum absolute atomic E-state index is 13.0. The molecule has 12 nitrogen and oxygen atoms in total. The van der Waals surface area contributed by atoms with E-state index < -0.39 is 46.1 Å². The van der Waals surface area contributed by atoms with Gasteiger partial charge in [-0.1, -0.05) is 16.3 Å². The van der Waals surface area contributed by atoms with E-state index in [0.29, 0.717) is 16.8 Å². The van der Waals surface area contributed by atoms with Crippen LogP contribution in [0.4, 0.5) is 10.5 Å². The number of carbonyl (C=O) groups is 5. The molecule has 2 heterocycles. The smallest absolute Gasteiger partial charge is 0.319 e. The van der Waals surface area contributed by atoms with Gasteiger partial charge in [-0.3, -0.25) is 29.4 Å². The van der Waals surface area contributed by atoms with E-state index in [1.807, 2.05) is 0 Å². The molecule has 198 valence electrons. The molecule has 2 unspecified atom stereocenters. The van der Waals surface area contributed by atoms with Crippen LogP contribution in [0.3, 0.4) is 0 Å². The Balaban J connectivity index is 1.23. The van der Waals surface area contributed by atoms with Crippen molar-refractivity contribution in [2.45, 2.75) is 56.1 Å². The fraction of sp³-hybridized carbons (Fsp3) is 0.320. The lowest BCUT2D eigenvalue weighted by Gasteiger charge is -2.27. The van der Waals surface area contributed by atoms with Crippen molar-refractivity contribution in [2.75, 3.05) is 5.32 Å². The lowest BCUT2D eigenvalue weighted by Crippen LogP contribution is -2.54. The Bertz CT molecular complexity index is 1440. The first-order valence-electron chi connectivity index (χ1n) is 12.1. The standard InChI is InChI=1S/C25H25N5O7S/c1-13-2-4-16(11-20(13)38(36,37)29-15-5-6-15)27-25(35)26-12-14-3-7-17-18(10-14)24(34)30(23(17)33)19-8-9-21(31)28-22(19)32/h2-4,7,10-11,15,19H,5-6,8-9,12H2,1H3,(H4-,26,27,28,29,31,32,35,36,37). The fourth-order valence-corrected chi connectivity index (χ4v) is 6.01. The van der Waals surface area contributed by atoms with Gasteiger partial charge in [0.25, 0.3) is 11.8 Å². The van der Waals surface area contributed by atoms with E-state index in [9.17, 15) is 32.7 Å². The van der Waals surface area contributed by atoms with Crippen molar-refractivity contribution in [2.24, 2.45) is 0 Å². The normalized spacial score (nSPS) is 20.6. The molecule has 2 atom stereocenters. The van der Waals surface area contributed by atoms with E-state index in [1.165, 1.54) is 18.2 Å². The van der Waals surface area contributed by atoms with E-state index in [4.69, 9.17) is 0 Å². The molecule has 0 radical (unpaired) electrons. The Kier molecular flexibility index (Phi) is 6.59. The first-order chi connectivity index (χ1) is 18.0. The predicted octanol–water partition coefficient (Wildman–Crippen LogP) is 1.37. The molecule has 6 amide bonds.